The summed E-state index contributed by atoms with van der Waals surface area (Å²) in [5.41, 5.74) is -3.99. The van der Waals surface area contributed by atoms with Gasteiger partial charge in [0.15, 0.2) is 5.76 Å². The van der Waals surface area contributed by atoms with Crippen molar-refractivity contribution in [3.8, 4) is 0 Å². The number of carbonyl (C=O) groups excluding carboxylic acids is 1. The predicted molar refractivity (Wildman–Crippen MR) is 91.7 cm³/mol. The molecule has 0 saturated heterocycles. The molecule has 0 radical (unpaired) electrons. The first kappa shape index (κ1) is 22.1. The summed E-state index contributed by atoms with van der Waals surface area (Å²) in [5, 5.41) is 2.77. The van der Waals surface area contributed by atoms with E-state index in [4.69, 9.17) is 10.3 Å². The lowest BCUT2D eigenvalue weighted by Gasteiger charge is -2.25. The molecular formula is C18H15F6N3O2. The minimum Gasteiger partial charge on any atom is -0.459 e. The Bertz CT molecular complexity index is 928. The number of nitrogens with one attached hydrogen (secondary N) is 1. The van der Waals surface area contributed by atoms with E-state index in [1.807, 2.05) is 0 Å². The predicted octanol–water partition coefficient (Wildman–Crippen LogP) is 4.32. The molecule has 1 amide bonds. The molecule has 0 spiro atoms. The molecule has 11 heteroatoms. The lowest BCUT2D eigenvalue weighted by molar-refractivity contribution is -0.137. The summed E-state index contributed by atoms with van der Waals surface area (Å²) in [6.45, 7) is 2.95. The molecule has 1 heterocycles. The number of nitrogens with two attached hydrogens (primary N) is 1. The highest BCUT2D eigenvalue weighted by molar-refractivity contribution is 5.95. The van der Waals surface area contributed by atoms with E-state index >= 15 is 0 Å². The zero-order valence-corrected chi connectivity index (χ0v) is 14.9. The van der Waals surface area contributed by atoms with Crippen LogP contribution in [0, 0.1) is 0 Å². The normalized spacial score (nSPS) is 13.0. The first-order valence-electron chi connectivity index (χ1n) is 7.84. The maximum atomic E-state index is 13.4. The van der Waals surface area contributed by atoms with Gasteiger partial charge >= 0.3 is 12.4 Å². The van der Waals surface area contributed by atoms with E-state index in [1.54, 1.807) is 0 Å². The van der Waals surface area contributed by atoms with Crippen molar-refractivity contribution in [3.63, 3.8) is 0 Å². The van der Waals surface area contributed by atoms with E-state index < -0.39 is 46.4 Å². The number of hydrogen-bond acceptors (Lipinski definition) is 4. The summed E-state index contributed by atoms with van der Waals surface area (Å²) in [4.78, 5) is 12.2. The molecule has 0 aliphatic heterocycles. The van der Waals surface area contributed by atoms with Crippen molar-refractivity contribution in [3.05, 3.63) is 77.5 Å². The van der Waals surface area contributed by atoms with Crippen molar-refractivity contribution in [2.75, 3.05) is 7.05 Å². The molecule has 1 aromatic heterocycles. The Morgan fingerprint density at radius 3 is 2.28 bits per heavy atom. The van der Waals surface area contributed by atoms with Gasteiger partial charge in [-0.3, -0.25) is 9.80 Å². The summed E-state index contributed by atoms with van der Waals surface area (Å²) in [5.74, 6) is 3.76. The van der Waals surface area contributed by atoms with Crippen LogP contribution in [0.5, 0.6) is 0 Å². The molecule has 29 heavy (non-hydrogen) atoms. The van der Waals surface area contributed by atoms with Gasteiger partial charge < -0.3 is 9.73 Å². The first-order chi connectivity index (χ1) is 13.3. The Balaban J connectivity index is 2.70. The summed E-state index contributed by atoms with van der Waals surface area (Å²) in [6, 6.07) is 5.77. The van der Waals surface area contributed by atoms with E-state index in [0.29, 0.717) is 17.1 Å². The molecule has 2 aromatic rings. The van der Waals surface area contributed by atoms with E-state index in [0.717, 1.165) is 25.4 Å². The monoisotopic (exact) mass is 419 g/mol. The fraction of sp³-hybridized carbons (Fsp3) is 0.167. The number of furan rings is 1. The van der Waals surface area contributed by atoms with Crippen LogP contribution in [0.15, 0.2) is 65.1 Å². The standard InChI is InChI=1S/C18H15F6N3O2/c1-10(17(19,20)21)14(11-5-3-6-12(9-11)18(22,23)24)15(27(2)25)26-16(28)13-7-4-8-29-13/h3-9H,1,25H2,2H3,(H,26,28)/b15-14+. The van der Waals surface area contributed by atoms with E-state index in [9.17, 15) is 31.1 Å². The Morgan fingerprint density at radius 1 is 1.14 bits per heavy atom. The molecule has 3 N–H and O–H groups in total. The summed E-state index contributed by atoms with van der Waals surface area (Å²) in [6.07, 6.45) is -8.65. The van der Waals surface area contributed by atoms with E-state index in [1.165, 1.54) is 12.1 Å². The van der Waals surface area contributed by atoms with Crippen LogP contribution in [-0.2, 0) is 6.18 Å². The lowest BCUT2D eigenvalue weighted by atomic mass is 9.96. The maximum Gasteiger partial charge on any atom is 0.416 e. The highest BCUT2D eigenvalue weighted by atomic mass is 19.4. The molecule has 0 atom stereocenters. The van der Waals surface area contributed by atoms with Crippen LogP contribution in [0.2, 0.25) is 0 Å². The number of hydrogen-bond donors (Lipinski definition) is 2. The number of rotatable bonds is 5. The fourth-order valence-corrected chi connectivity index (χ4v) is 2.35. The Kier molecular flexibility index (Phi) is 6.12. The van der Waals surface area contributed by atoms with Gasteiger partial charge in [0.1, 0.15) is 5.82 Å². The summed E-state index contributed by atoms with van der Waals surface area (Å²) >= 11 is 0. The molecule has 156 valence electrons. The van der Waals surface area contributed by atoms with Crippen molar-refractivity contribution < 1.29 is 35.6 Å². The van der Waals surface area contributed by atoms with Crippen LogP contribution in [0.4, 0.5) is 26.3 Å². The molecule has 1 aromatic carbocycles. The van der Waals surface area contributed by atoms with Crippen molar-refractivity contribution in [2.45, 2.75) is 12.4 Å². The molecule has 0 fully saturated rings. The number of hydrazine groups is 1. The Hall–Kier alpha value is -3.21. The van der Waals surface area contributed by atoms with Crippen molar-refractivity contribution in [1.82, 2.24) is 10.3 Å². The van der Waals surface area contributed by atoms with Crippen LogP contribution < -0.4 is 11.2 Å². The van der Waals surface area contributed by atoms with Gasteiger partial charge in [-0.1, -0.05) is 18.7 Å². The van der Waals surface area contributed by atoms with Crippen molar-refractivity contribution in [2.24, 2.45) is 5.84 Å². The van der Waals surface area contributed by atoms with Crippen LogP contribution in [0.25, 0.3) is 5.57 Å². The number of alkyl halides is 6. The zero-order valence-electron chi connectivity index (χ0n) is 14.9. The van der Waals surface area contributed by atoms with Crippen molar-refractivity contribution >= 4 is 11.5 Å². The average Bonchev–Trinajstić information content (AvgIpc) is 3.14. The Morgan fingerprint density at radius 2 is 1.79 bits per heavy atom. The second kappa shape index (κ2) is 8.03. The highest BCUT2D eigenvalue weighted by Gasteiger charge is 2.38. The smallest absolute Gasteiger partial charge is 0.416 e. The number of amides is 1. The SMILES string of the molecule is C=C(/C(=C(/NC(=O)c1ccco1)N(C)N)c1cccc(C(F)(F)F)c1)C(F)(F)F. The van der Waals surface area contributed by atoms with Gasteiger partial charge in [0.05, 0.1) is 17.4 Å². The van der Waals surface area contributed by atoms with Gasteiger partial charge in [-0.05, 0) is 29.8 Å². The van der Waals surface area contributed by atoms with Crippen LogP contribution in [-0.4, -0.2) is 24.1 Å². The first-order valence-corrected chi connectivity index (χ1v) is 7.84. The minimum absolute atomic E-state index is 0.245. The second-order valence-electron chi connectivity index (χ2n) is 5.82. The lowest BCUT2D eigenvalue weighted by Crippen LogP contribution is -2.38. The number of allylic oxidation sites excluding steroid dienone is 2. The van der Waals surface area contributed by atoms with Gasteiger partial charge in [-0.15, -0.1) is 0 Å². The van der Waals surface area contributed by atoms with Crippen LogP contribution in [0.3, 0.4) is 0 Å². The third-order valence-corrected chi connectivity index (χ3v) is 3.69. The number of nitrogens with zero attached hydrogens (tertiary/aromatic N) is 1. The summed E-state index contributed by atoms with van der Waals surface area (Å²) < 4.78 is 84.2. The molecule has 0 saturated carbocycles. The topological polar surface area (TPSA) is 71.5 Å². The maximum absolute atomic E-state index is 13.4. The summed E-state index contributed by atoms with van der Waals surface area (Å²) in [7, 11) is 1.11. The quantitative estimate of drug-likeness (QED) is 0.328. The average molecular weight is 419 g/mol. The largest absolute Gasteiger partial charge is 0.459 e. The Labute approximate surface area is 161 Å². The van der Waals surface area contributed by atoms with Gasteiger partial charge in [-0.25, -0.2) is 5.84 Å². The van der Waals surface area contributed by atoms with Crippen molar-refractivity contribution in [1.29, 1.82) is 0 Å². The molecular weight excluding hydrogens is 404 g/mol. The van der Waals surface area contributed by atoms with Gasteiger partial charge in [0, 0.05) is 12.6 Å². The van der Waals surface area contributed by atoms with E-state index in [-0.39, 0.29) is 5.76 Å². The minimum atomic E-state index is -5.01. The third-order valence-electron chi connectivity index (χ3n) is 3.69. The molecule has 0 unspecified atom stereocenters. The number of benzene rings is 1. The molecule has 2 rings (SSSR count). The molecule has 0 aliphatic rings. The zero-order chi connectivity index (χ0) is 22.0. The van der Waals surface area contributed by atoms with Gasteiger partial charge in [0.25, 0.3) is 5.91 Å². The number of halogens is 6. The third kappa shape index (κ3) is 5.19. The number of carbonyl (C=O) groups is 1. The van der Waals surface area contributed by atoms with Gasteiger partial charge in [-0.2, -0.15) is 26.3 Å². The van der Waals surface area contributed by atoms with E-state index in [2.05, 4.69) is 11.9 Å². The molecule has 0 aliphatic carbocycles. The van der Waals surface area contributed by atoms with Gasteiger partial charge in [0.2, 0.25) is 0 Å². The van der Waals surface area contributed by atoms with Crippen LogP contribution in [0.1, 0.15) is 21.7 Å². The fourth-order valence-electron chi connectivity index (χ4n) is 2.35. The van der Waals surface area contributed by atoms with Crippen LogP contribution >= 0.6 is 0 Å². The molecule has 0 bridgehead atoms. The second-order valence-corrected chi connectivity index (χ2v) is 5.82. The molecule has 5 nitrogen and oxygen atoms in total. The highest BCUT2D eigenvalue weighted by Crippen LogP contribution is 2.39.